The number of allylic oxidation sites excluding steroid dienone is 5. The molecule has 0 saturated carbocycles. The van der Waals surface area contributed by atoms with Crippen LogP contribution in [0.2, 0.25) is 0 Å². The van der Waals surface area contributed by atoms with E-state index in [4.69, 9.17) is 0 Å². The van der Waals surface area contributed by atoms with E-state index in [0.29, 0.717) is 5.92 Å². The predicted octanol–water partition coefficient (Wildman–Crippen LogP) is 4.70. The predicted molar refractivity (Wildman–Crippen MR) is 76.0 cm³/mol. The van der Waals surface area contributed by atoms with E-state index in [1.807, 2.05) is 13.8 Å². The van der Waals surface area contributed by atoms with Crippen molar-refractivity contribution in [2.45, 2.75) is 27.2 Å². The van der Waals surface area contributed by atoms with Gasteiger partial charge in [-0.2, -0.15) is 0 Å². The summed E-state index contributed by atoms with van der Waals surface area (Å²) in [6.07, 6.45) is 12.3. The first kappa shape index (κ1) is 11.9. The Morgan fingerprint density at radius 2 is 1.94 bits per heavy atom. The van der Waals surface area contributed by atoms with Crippen molar-refractivity contribution in [1.29, 1.82) is 0 Å². The molecule has 0 radical (unpaired) electrons. The topological polar surface area (TPSA) is 0 Å². The van der Waals surface area contributed by atoms with Crippen LogP contribution in [0.4, 0.5) is 0 Å². The smallest absolute Gasteiger partial charge is 0.00619 e. The van der Waals surface area contributed by atoms with Crippen molar-refractivity contribution < 1.29 is 0 Å². The highest BCUT2D eigenvalue weighted by Gasteiger charge is 2.18. The average molecular weight is 224 g/mol. The summed E-state index contributed by atoms with van der Waals surface area (Å²) in [5.41, 5.74) is 5.69. The molecule has 88 valence electrons. The quantitative estimate of drug-likeness (QED) is 0.599. The van der Waals surface area contributed by atoms with Crippen LogP contribution in [0.5, 0.6) is 0 Å². The minimum Gasteiger partial charge on any atom is -0.0767 e. The first-order valence-electron chi connectivity index (χ1n) is 6.49. The Morgan fingerprint density at radius 1 is 1.12 bits per heavy atom. The summed E-state index contributed by atoms with van der Waals surface area (Å²) in [5.74, 6) is 0.602. The van der Waals surface area contributed by atoms with Crippen molar-refractivity contribution >= 4 is 6.08 Å². The lowest BCUT2D eigenvalue weighted by atomic mass is 9.81. The molecule has 0 aromatic heterocycles. The van der Waals surface area contributed by atoms with E-state index in [9.17, 15) is 0 Å². The lowest BCUT2D eigenvalue weighted by Crippen LogP contribution is -2.11. The van der Waals surface area contributed by atoms with Gasteiger partial charge in [0.05, 0.1) is 0 Å². The molecule has 3 rings (SSSR count). The highest BCUT2D eigenvalue weighted by Crippen LogP contribution is 2.32. The van der Waals surface area contributed by atoms with Gasteiger partial charge in [0.15, 0.2) is 0 Å². The third kappa shape index (κ3) is 2.41. The van der Waals surface area contributed by atoms with Crippen LogP contribution in [-0.2, 0) is 6.42 Å². The van der Waals surface area contributed by atoms with Crippen LogP contribution >= 0.6 is 0 Å². The average Bonchev–Trinajstić information content (AvgIpc) is 2.38. The van der Waals surface area contributed by atoms with E-state index >= 15 is 0 Å². The molecule has 2 aliphatic carbocycles. The Bertz CT molecular complexity index is 487. The van der Waals surface area contributed by atoms with Gasteiger partial charge in [0.1, 0.15) is 0 Å². The summed E-state index contributed by atoms with van der Waals surface area (Å²) in [5, 5.41) is 0. The number of aryl methyl sites for hydroxylation is 1. The van der Waals surface area contributed by atoms with Gasteiger partial charge in [-0.05, 0) is 30.0 Å². The Kier molecular flexibility index (Phi) is 3.63. The number of fused-ring (bicyclic) bond motifs is 2. The molecule has 0 aliphatic heterocycles. The Hall–Kier alpha value is -1.56. The third-order valence-electron chi connectivity index (χ3n) is 3.23. The van der Waals surface area contributed by atoms with Crippen LogP contribution in [0.3, 0.4) is 0 Å². The first-order valence-corrected chi connectivity index (χ1v) is 6.49. The normalized spacial score (nSPS) is 19.7. The second kappa shape index (κ2) is 5.18. The molecule has 1 aromatic carbocycles. The maximum absolute atomic E-state index is 2.33. The maximum Gasteiger partial charge on any atom is 0.00619 e. The molecule has 0 nitrogen and oxygen atoms in total. The molecule has 0 bridgehead atoms. The highest BCUT2D eigenvalue weighted by atomic mass is 14.2. The van der Waals surface area contributed by atoms with Gasteiger partial charge < -0.3 is 0 Å². The van der Waals surface area contributed by atoms with E-state index in [0.717, 1.165) is 6.42 Å². The fourth-order valence-corrected chi connectivity index (χ4v) is 2.39. The molecule has 2 aliphatic rings. The van der Waals surface area contributed by atoms with Gasteiger partial charge in [0.25, 0.3) is 0 Å². The molecule has 0 amide bonds. The van der Waals surface area contributed by atoms with Gasteiger partial charge >= 0.3 is 0 Å². The molecule has 0 heteroatoms. The van der Waals surface area contributed by atoms with Crippen molar-refractivity contribution in [3.8, 4) is 0 Å². The van der Waals surface area contributed by atoms with Crippen molar-refractivity contribution in [3.05, 3.63) is 64.8 Å². The van der Waals surface area contributed by atoms with Crippen LogP contribution in [0.15, 0.2) is 48.1 Å². The molecule has 0 spiro atoms. The Morgan fingerprint density at radius 3 is 2.76 bits per heavy atom. The van der Waals surface area contributed by atoms with Gasteiger partial charge in [-0.3, -0.25) is 0 Å². The highest BCUT2D eigenvalue weighted by molar-refractivity contribution is 5.65. The van der Waals surface area contributed by atoms with E-state index in [-0.39, 0.29) is 0 Å². The minimum atomic E-state index is 0.602. The summed E-state index contributed by atoms with van der Waals surface area (Å²) in [6, 6.07) is 6.76. The van der Waals surface area contributed by atoms with Crippen LogP contribution in [0, 0.1) is 12.8 Å². The summed E-state index contributed by atoms with van der Waals surface area (Å²) in [7, 11) is 0. The van der Waals surface area contributed by atoms with E-state index in [1.54, 1.807) is 0 Å². The lowest BCUT2D eigenvalue weighted by Gasteiger charge is -2.23. The molecule has 1 aromatic rings. The standard InChI is InChI=1S/C15H14.C2H6/c1-11-6-7-14-9-12-4-2-3-5-13(12)10-15(14)8-11;1-2/h2-8,10,12H,9H2,1H3;1-2H3. The molecule has 1 unspecified atom stereocenters. The second-order valence-electron chi connectivity index (χ2n) is 4.40. The van der Waals surface area contributed by atoms with Gasteiger partial charge in [-0.25, -0.2) is 0 Å². The van der Waals surface area contributed by atoms with Crippen molar-refractivity contribution in [2.75, 3.05) is 0 Å². The van der Waals surface area contributed by atoms with Gasteiger partial charge in [0.2, 0.25) is 0 Å². The fraction of sp³-hybridized carbons (Fsp3) is 0.294. The monoisotopic (exact) mass is 224 g/mol. The molecule has 17 heavy (non-hydrogen) atoms. The van der Waals surface area contributed by atoms with E-state index in [2.05, 4.69) is 55.5 Å². The van der Waals surface area contributed by atoms with Gasteiger partial charge in [-0.15, -0.1) is 0 Å². The Balaban J connectivity index is 0.000000514. The zero-order valence-corrected chi connectivity index (χ0v) is 10.9. The van der Waals surface area contributed by atoms with Crippen LogP contribution < -0.4 is 0 Å². The molecule has 0 saturated heterocycles. The SMILES string of the molecule is CC.Cc1ccc2c(c1)C=C1C=CC=CC1C2. The fourth-order valence-electron chi connectivity index (χ4n) is 2.39. The summed E-state index contributed by atoms with van der Waals surface area (Å²) in [6.45, 7) is 6.15. The Labute approximate surface area is 104 Å². The van der Waals surface area contributed by atoms with E-state index < -0.39 is 0 Å². The van der Waals surface area contributed by atoms with Crippen LogP contribution in [0.25, 0.3) is 6.08 Å². The van der Waals surface area contributed by atoms with Gasteiger partial charge in [-0.1, -0.05) is 68.0 Å². The number of hydrogen-bond acceptors (Lipinski definition) is 0. The number of rotatable bonds is 0. The largest absolute Gasteiger partial charge is 0.0767 e. The second-order valence-corrected chi connectivity index (χ2v) is 4.40. The lowest BCUT2D eigenvalue weighted by molar-refractivity contribution is 0.758. The summed E-state index contributed by atoms with van der Waals surface area (Å²) < 4.78 is 0. The molecule has 0 fully saturated rings. The van der Waals surface area contributed by atoms with Crippen LogP contribution in [0.1, 0.15) is 30.5 Å². The summed E-state index contributed by atoms with van der Waals surface area (Å²) in [4.78, 5) is 0. The molecular formula is C17H20. The molecule has 0 N–H and O–H groups in total. The van der Waals surface area contributed by atoms with Gasteiger partial charge in [0, 0.05) is 5.92 Å². The van der Waals surface area contributed by atoms with Crippen molar-refractivity contribution in [3.63, 3.8) is 0 Å². The van der Waals surface area contributed by atoms with Crippen molar-refractivity contribution in [1.82, 2.24) is 0 Å². The minimum absolute atomic E-state index is 0.602. The zero-order chi connectivity index (χ0) is 12.3. The number of benzene rings is 1. The van der Waals surface area contributed by atoms with E-state index in [1.165, 1.54) is 22.3 Å². The first-order chi connectivity index (χ1) is 8.33. The maximum atomic E-state index is 2.33. The van der Waals surface area contributed by atoms with Crippen LogP contribution in [-0.4, -0.2) is 0 Å². The summed E-state index contributed by atoms with van der Waals surface area (Å²) >= 11 is 0. The van der Waals surface area contributed by atoms with Crippen molar-refractivity contribution in [2.24, 2.45) is 5.92 Å². The molecule has 0 heterocycles. The number of hydrogen-bond donors (Lipinski definition) is 0. The third-order valence-corrected chi connectivity index (χ3v) is 3.23. The molecular weight excluding hydrogens is 204 g/mol. The molecule has 1 atom stereocenters. The zero-order valence-electron chi connectivity index (χ0n) is 10.9.